The smallest absolute Gasteiger partial charge is 0.331 e. The minimum Gasteiger partial charge on any atom is -0.452 e. The average molecular weight is 348 g/mol. The number of hydrogen-bond donors (Lipinski definition) is 1. The second kappa shape index (κ2) is 8.26. The van der Waals surface area contributed by atoms with Crippen LogP contribution in [0, 0.1) is 12.7 Å². The van der Waals surface area contributed by atoms with Crippen LogP contribution in [0.2, 0.25) is 5.02 Å². The van der Waals surface area contributed by atoms with Crippen LogP contribution in [0.4, 0.5) is 10.1 Å². The topological polar surface area (TPSA) is 55.4 Å². The summed E-state index contributed by atoms with van der Waals surface area (Å²) in [6.45, 7) is 1.16. The van der Waals surface area contributed by atoms with E-state index in [1.807, 2.05) is 0 Å². The Balaban J connectivity index is 1.81. The van der Waals surface area contributed by atoms with E-state index in [-0.39, 0.29) is 0 Å². The SMILES string of the molecule is Cc1ccc(NC(=O)COC(=O)/C=C/c2ccc(Cl)cc2)cc1F. The molecule has 0 heterocycles. The molecule has 0 aromatic heterocycles. The summed E-state index contributed by atoms with van der Waals surface area (Å²) in [6, 6.07) is 11.2. The third kappa shape index (κ3) is 5.52. The summed E-state index contributed by atoms with van der Waals surface area (Å²) < 4.78 is 18.2. The maximum absolute atomic E-state index is 13.4. The van der Waals surface area contributed by atoms with Crippen molar-refractivity contribution in [1.82, 2.24) is 0 Å². The van der Waals surface area contributed by atoms with Crippen LogP contribution in [0.25, 0.3) is 6.08 Å². The zero-order chi connectivity index (χ0) is 17.5. The van der Waals surface area contributed by atoms with Gasteiger partial charge < -0.3 is 10.1 Å². The lowest BCUT2D eigenvalue weighted by Crippen LogP contribution is -2.20. The van der Waals surface area contributed by atoms with Gasteiger partial charge in [0.05, 0.1) is 0 Å². The molecular formula is C18H15ClFNO3. The first-order chi connectivity index (χ1) is 11.4. The van der Waals surface area contributed by atoms with Gasteiger partial charge in [-0.15, -0.1) is 0 Å². The van der Waals surface area contributed by atoms with E-state index in [4.69, 9.17) is 16.3 Å². The van der Waals surface area contributed by atoms with Gasteiger partial charge in [0.2, 0.25) is 0 Å². The van der Waals surface area contributed by atoms with Gasteiger partial charge in [0.1, 0.15) is 5.82 Å². The zero-order valence-corrected chi connectivity index (χ0v) is 13.6. The summed E-state index contributed by atoms with van der Waals surface area (Å²) in [7, 11) is 0. The van der Waals surface area contributed by atoms with Crippen LogP contribution in [0.15, 0.2) is 48.5 Å². The number of halogens is 2. The van der Waals surface area contributed by atoms with Crippen molar-refractivity contribution in [2.75, 3.05) is 11.9 Å². The van der Waals surface area contributed by atoms with E-state index in [2.05, 4.69) is 5.32 Å². The molecule has 0 fully saturated rings. The van der Waals surface area contributed by atoms with Crippen molar-refractivity contribution in [2.45, 2.75) is 6.92 Å². The Morgan fingerprint density at radius 1 is 1.21 bits per heavy atom. The summed E-state index contributed by atoms with van der Waals surface area (Å²) in [5.74, 6) is -1.63. The summed E-state index contributed by atoms with van der Waals surface area (Å²) in [5.41, 5.74) is 1.55. The summed E-state index contributed by atoms with van der Waals surface area (Å²) >= 11 is 5.76. The van der Waals surface area contributed by atoms with Crippen LogP contribution < -0.4 is 5.32 Å². The van der Waals surface area contributed by atoms with Gasteiger partial charge in [0.15, 0.2) is 6.61 Å². The van der Waals surface area contributed by atoms with Crippen LogP contribution in [-0.4, -0.2) is 18.5 Å². The number of carbonyl (C=O) groups excluding carboxylic acids is 2. The van der Waals surface area contributed by atoms with E-state index in [0.29, 0.717) is 16.3 Å². The van der Waals surface area contributed by atoms with E-state index in [9.17, 15) is 14.0 Å². The number of ether oxygens (including phenoxy) is 1. The maximum Gasteiger partial charge on any atom is 0.331 e. The van der Waals surface area contributed by atoms with Gasteiger partial charge in [-0.3, -0.25) is 4.79 Å². The molecule has 24 heavy (non-hydrogen) atoms. The van der Waals surface area contributed by atoms with Gasteiger partial charge in [-0.05, 0) is 48.4 Å². The van der Waals surface area contributed by atoms with Crippen molar-refractivity contribution in [3.05, 3.63) is 70.5 Å². The Hall–Kier alpha value is -2.66. The first-order valence-electron chi connectivity index (χ1n) is 7.10. The predicted octanol–water partition coefficient (Wildman–Crippen LogP) is 3.98. The number of anilines is 1. The van der Waals surface area contributed by atoms with Crippen LogP contribution in [0.1, 0.15) is 11.1 Å². The average Bonchev–Trinajstić information content (AvgIpc) is 2.56. The van der Waals surface area contributed by atoms with Crippen molar-refractivity contribution >= 4 is 35.2 Å². The molecule has 0 spiro atoms. The molecule has 0 bridgehead atoms. The van der Waals surface area contributed by atoms with Crippen molar-refractivity contribution in [3.63, 3.8) is 0 Å². The van der Waals surface area contributed by atoms with Gasteiger partial charge in [0.25, 0.3) is 5.91 Å². The fourth-order valence-electron chi connectivity index (χ4n) is 1.79. The summed E-state index contributed by atoms with van der Waals surface area (Å²) in [4.78, 5) is 23.2. The molecule has 2 aromatic rings. The van der Waals surface area contributed by atoms with Crippen LogP contribution >= 0.6 is 11.6 Å². The van der Waals surface area contributed by atoms with E-state index in [1.165, 1.54) is 12.1 Å². The molecule has 0 aliphatic heterocycles. The molecule has 6 heteroatoms. The minimum atomic E-state index is -0.657. The van der Waals surface area contributed by atoms with Gasteiger partial charge in [0, 0.05) is 16.8 Å². The molecule has 2 aromatic carbocycles. The number of amides is 1. The minimum absolute atomic E-state index is 0.302. The molecule has 1 N–H and O–H groups in total. The van der Waals surface area contributed by atoms with Gasteiger partial charge in [-0.1, -0.05) is 29.8 Å². The number of aryl methyl sites for hydroxylation is 1. The van der Waals surface area contributed by atoms with Crippen molar-refractivity contribution < 1.29 is 18.7 Å². The Morgan fingerprint density at radius 3 is 2.58 bits per heavy atom. The van der Waals surface area contributed by atoms with Crippen LogP contribution in [0.5, 0.6) is 0 Å². The Morgan fingerprint density at radius 2 is 1.92 bits per heavy atom. The number of carbonyl (C=O) groups is 2. The van der Waals surface area contributed by atoms with E-state index in [1.54, 1.807) is 49.4 Å². The molecule has 0 aliphatic rings. The highest BCUT2D eigenvalue weighted by Crippen LogP contribution is 2.13. The standard InChI is InChI=1S/C18H15ClFNO3/c1-12-2-8-15(10-16(12)20)21-17(22)11-24-18(23)9-5-13-3-6-14(19)7-4-13/h2-10H,11H2,1H3,(H,21,22)/b9-5+. The Kier molecular flexibility index (Phi) is 6.09. The molecule has 124 valence electrons. The summed E-state index contributed by atoms with van der Waals surface area (Å²) in [6.07, 6.45) is 2.76. The molecule has 4 nitrogen and oxygen atoms in total. The molecule has 2 rings (SSSR count). The van der Waals surface area contributed by atoms with Gasteiger partial charge in [-0.25, -0.2) is 9.18 Å². The highest BCUT2D eigenvalue weighted by molar-refractivity contribution is 6.30. The monoisotopic (exact) mass is 347 g/mol. The largest absolute Gasteiger partial charge is 0.452 e. The second-order valence-corrected chi connectivity index (χ2v) is 5.44. The Bertz CT molecular complexity index is 772. The molecule has 0 radical (unpaired) electrons. The van der Waals surface area contributed by atoms with E-state index >= 15 is 0 Å². The second-order valence-electron chi connectivity index (χ2n) is 5.00. The molecule has 0 saturated heterocycles. The number of nitrogens with one attached hydrogen (secondary N) is 1. The zero-order valence-electron chi connectivity index (χ0n) is 12.9. The molecule has 0 atom stereocenters. The van der Waals surface area contributed by atoms with Crippen molar-refractivity contribution in [2.24, 2.45) is 0 Å². The number of hydrogen-bond acceptors (Lipinski definition) is 3. The first kappa shape index (κ1) is 17.7. The van der Waals surface area contributed by atoms with Crippen LogP contribution in [0.3, 0.4) is 0 Å². The fourth-order valence-corrected chi connectivity index (χ4v) is 1.92. The highest BCUT2D eigenvalue weighted by Gasteiger charge is 2.07. The lowest BCUT2D eigenvalue weighted by Gasteiger charge is -2.06. The molecule has 0 saturated carbocycles. The third-order valence-electron chi connectivity index (χ3n) is 3.08. The van der Waals surface area contributed by atoms with Gasteiger partial charge in [-0.2, -0.15) is 0 Å². The normalized spacial score (nSPS) is 10.6. The van der Waals surface area contributed by atoms with Crippen molar-refractivity contribution in [1.29, 1.82) is 0 Å². The quantitative estimate of drug-likeness (QED) is 0.657. The predicted molar refractivity (Wildman–Crippen MR) is 91.2 cm³/mol. The highest BCUT2D eigenvalue weighted by atomic mass is 35.5. The van der Waals surface area contributed by atoms with Crippen molar-refractivity contribution in [3.8, 4) is 0 Å². The first-order valence-corrected chi connectivity index (χ1v) is 7.48. The molecular weight excluding hydrogens is 333 g/mol. The number of benzene rings is 2. The molecule has 0 aliphatic carbocycles. The third-order valence-corrected chi connectivity index (χ3v) is 3.33. The lowest BCUT2D eigenvalue weighted by atomic mass is 10.2. The number of esters is 1. The maximum atomic E-state index is 13.4. The van der Waals surface area contributed by atoms with Gasteiger partial charge >= 0.3 is 5.97 Å². The van der Waals surface area contributed by atoms with E-state index < -0.39 is 24.3 Å². The van der Waals surface area contributed by atoms with Crippen LogP contribution in [-0.2, 0) is 14.3 Å². The Labute approximate surface area is 143 Å². The fraction of sp³-hybridized carbons (Fsp3) is 0.111. The summed E-state index contributed by atoms with van der Waals surface area (Å²) in [5, 5.41) is 3.05. The van der Waals surface area contributed by atoms with E-state index in [0.717, 1.165) is 5.56 Å². The molecule has 0 unspecified atom stereocenters. The lowest BCUT2D eigenvalue weighted by molar-refractivity contribution is -0.142. The molecule has 1 amide bonds. The number of rotatable bonds is 5.